The summed E-state index contributed by atoms with van der Waals surface area (Å²) in [7, 11) is 5.95. The number of carbonyl (C=O) groups is 3. The molecule has 334 valence electrons. The van der Waals surface area contributed by atoms with Gasteiger partial charge in [0.05, 0.1) is 34.4 Å². The van der Waals surface area contributed by atoms with Crippen LogP contribution in [0.5, 0.6) is 0 Å². The minimum absolute atomic E-state index is 0.184. The molecule has 57 heavy (non-hydrogen) atoms. The molecule has 0 saturated heterocycles. The van der Waals surface area contributed by atoms with Crippen LogP contribution in [0.4, 0.5) is 0 Å². The Morgan fingerprint density at radius 3 is 1.32 bits per heavy atom. The number of nitrogens with zero attached hydrogens (tertiary/aromatic N) is 1. The van der Waals surface area contributed by atoms with Gasteiger partial charge in [0.25, 0.3) is 6.29 Å². The Balaban J connectivity index is 4.39. The van der Waals surface area contributed by atoms with Crippen LogP contribution in [-0.2, 0) is 33.3 Å². The molecule has 0 aromatic heterocycles. The van der Waals surface area contributed by atoms with E-state index in [4.69, 9.17) is 18.9 Å². The first kappa shape index (κ1) is 54.8. The lowest BCUT2D eigenvalue weighted by Gasteiger charge is -2.25. The molecule has 9 heteroatoms. The molecule has 0 heterocycles. The molecule has 0 amide bonds. The van der Waals surface area contributed by atoms with E-state index in [-0.39, 0.29) is 32.2 Å². The molecule has 2 atom stereocenters. The second-order valence-corrected chi connectivity index (χ2v) is 17.1. The van der Waals surface area contributed by atoms with Crippen molar-refractivity contribution >= 4 is 17.9 Å². The van der Waals surface area contributed by atoms with Crippen molar-refractivity contribution in [1.29, 1.82) is 0 Å². The first-order valence-corrected chi connectivity index (χ1v) is 23.5. The van der Waals surface area contributed by atoms with Crippen molar-refractivity contribution in [3.8, 4) is 0 Å². The van der Waals surface area contributed by atoms with Crippen molar-refractivity contribution < 1.29 is 42.9 Å². The highest BCUT2D eigenvalue weighted by molar-refractivity contribution is 5.71. The first-order chi connectivity index (χ1) is 27.6. The molecule has 0 aliphatic rings. The van der Waals surface area contributed by atoms with Crippen LogP contribution < -0.4 is 0 Å². The van der Waals surface area contributed by atoms with E-state index in [9.17, 15) is 19.5 Å². The average molecular weight is 809 g/mol. The first-order valence-electron chi connectivity index (χ1n) is 23.5. The molecule has 0 saturated carbocycles. The van der Waals surface area contributed by atoms with E-state index in [0.717, 1.165) is 57.8 Å². The van der Waals surface area contributed by atoms with E-state index in [1.54, 1.807) is 0 Å². The molecule has 1 N–H and O–H groups in total. The smallest absolute Gasteiger partial charge is 0.361 e. The summed E-state index contributed by atoms with van der Waals surface area (Å²) in [6.45, 7) is 4.85. The van der Waals surface area contributed by atoms with Crippen LogP contribution in [0.2, 0.25) is 0 Å². The highest BCUT2D eigenvalue weighted by atomic mass is 16.7. The molecule has 0 rings (SSSR count). The second-order valence-electron chi connectivity index (χ2n) is 17.1. The summed E-state index contributed by atoms with van der Waals surface area (Å²) in [6.07, 6.45) is 40.9. The SMILES string of the molecule is CCCCCC/C=C\CCCCCCCC(=O)OCC(COC(OCC[N+](C)(C)C)C(=O)O)OC(=O)CCCCCCCCCCC/C=C\CCCCCCCC. The molecule has 2 unspecified atom stereocenters. The van der Waals surface area contributed by atoms with Crippen LogP contribution in [0.15, 0.2) is 24.3 Å². The molecule has 0 aliphatic heterocycles. The van der Waals surface area contributed by atoms with Crippen molar-refractivity contribution in [1.82, 2.24) is 0 Å². The summed E-state index contributed by atoms with van der Waals surface area (Å²) >= 11 is 0. The summed E-state index contributed by atoms with van der Waals surface area (Å²) in [5, 5.41) is 9.64. The summed E-state index contributed by atoms with van der Waals surface area (Å²) < 4.78 is 22.7. The zero-order chi connectivity index (χ0) is 42.1. The van der Waals surface area contributed by atoms with Crippen LogP contribution >= 0.6 is 0 Å². The second kappa shape index (κ2) is 40.5. The number of allylic oxidation sites excluding steroid dienone is 4. The number of aliphatic carboxylic acids is 1. The Hall–Kier alpha value is -2.23. The molecule has 0 spiro atoms. The maximum atomic E-state index is 12.8. The topological polar surface area (TPSA) is 108 Å². The molecule has 0 fully saturated rings. The number of carboxylic acid groups (broad SMARTS) is 1. The highest BCUT2D eigenvalue weighted by Gasteiger charge is 2.25. The van der Waals surface area contributed by atoms with Gasteiger partial charge in [0.2, 0.25) is 0 Å². The third-order valence-electron chi connectivity index (χ3n) is 10.2. The molecular weight excluding hydrogens is 719 g/mol. The molecule has 0 aromatic rings. The Labute approximate surface area is 350 Å². The van der Waals surface area contributed by atoms with E-state index in [2.05, 4.69) is 38.2 Å². The van der Waals surface area contributed by atoms with E-state index >= 15 is 0 Å². The van der Waals surface area contributed by atoms with E-state index in [0.29, 0.717) is 17.4 Å². The quantitative estimate of drug-likeness (QED) is 0.0213. The standard InChI is InChI=1S/C48H89NO8/c1-6-8-10-12-14-16-18-20-21-22-23-24-25-27-29-31-33-35-37-39-46(51)57-44(43-56-48(47(52)53)54-41-40-49(3,4)5)42-55-45(50)38-36-34-32-30-28-26-19-17-15-13-11-9-7-2/h17,19-21,44,48H,6-16,18,22-43H2,1-5H3/p+1/b19-17-,21-20-. The number of likely N-dealkylation sites (N-methyl/N-ethyl adjacent to an activating group) is 1. The van der Waals surface area contributed by atoms with Gasteiger partial charge >= 0.3 is 17.9 Å². The Bertz CT molecular complexity index is 991. The third-order valence-corrected chi connectivity index (χ3v) is 10.2. The average Bonchev–Trinajstić information content (AvgIpc) is 3.17. The number of hydrogen-bond donors (Lipinski definition) is 1. The van der Waals surface area contributed by atoms with Crippen LogP contribution in [0, 0.1) is 0 Å². The van der Waals surface area contributed by atoms with Gasteiger partial charge in [-0.05, 0) is 64.2 Å². The monoisotopic (exact) mass is 809 g/mol. The lowest BCUT2D eigenvalue weighted by atomic mass is 10.1. The molecular formula is C48H90NO8+. The van der Waals surface area contributed by atoms with Crippen LogP contribution in [-0.4, -0.2) is 87.4 Å². The number of rotatable bonds is 43. The largest absolute Gasteiger partial charge is 0.477 e. The van der Waals surface area contributed by atoms with Gasteiger partial charge in [-0.3, -0.25) is 9.59 Å². The summed E-state index contributed by atoms with van der Waals surface area (Å²) in [4.78, 5) is 37.1. The lowest BCUT2D eigenvalue weighted by molar-refractivity contribution is -0.870. The Kier molecular flexibility index (Phi) is 39.0. The van der Waals surface area contributed by atoms with Gasteiger partial charge < -0.3 is 28.5 Å². The fourth-order valence-electron chi connectivity index (χ4n) is 6.47. The minimum Gasteiger partial charge on any atom is -0.477 e. The molecule has 0 radical (unpaired) electrons. The van der Waals surface area contributed by atoms with Crippen LogP contribution in [0.25, 0.3) is 0 Å². The molecule has 0 aliphatic carbocycles. The predicted octanol–water partition coefficient (Wildman–Crippen LogP) is 12.4. The minimum atomic E-state index is -1.51. The maximum Gasteiger partial charge on any atom is 0.361 e. The zero-order valence-electron chi connectivity index (χ0n) is 37.8. The highest BCUT2D eigenvalue weighted by Crippen LogP contribution is 2.14. The van der Waals surface area contributed by atoms with Gasteiger partial charge in [0.1, 0.15) is 13.2 Å². The lowest BCUT2D eigenvalue weighted by Crippen LogP contribution is -2.40. The number of ether oxygens (including phenoxy) is 4. The number of hydrogen-bond acceptors (Lipinski definition) is 7. The van der Waals surface area contributed by atoms with Gasteiger partial charge in [-0.25, -0.2) is 4.79 Å². The van der Waals surface area contributed by atoms with Gasteiger partial charge in [0.15, 0.2) is 6.10 Å². The summed E-state index contributed by atoms with van der Waals surface area (Å²) in [6, 6.07) is 0. The van der Waals surface area contributed by atoms with E-state index in [1.165, 1.54) is 122 Å². The zero-order valence-corrected chi connectivity index (χ0v) is 37.8. The van der Waals surface area contributed by atoms with Crippen LogP contribution in [0.1, 0.15) is 206 Å². The van der Waals surface area contributed by atoms with Crippen molar-refractivity contribution in [2.45, 2.75) is 219 Å². The molecule has 9 nitrogen and oxygen atoms in total. The van der Waals surface area contributed by atoms with Crippen molar-refractivity contribution in [3.63, 3.8) is 0 Å². The van der Waals surface area contributed by atoms with Crippen LogP contribution in [0.3, 0.4) is 0 Å². The number of carboxylic acids is 1. The summed E-state index contributed by atoms with van der Waals surface area (Å²) in [5.74, 6) is -2.01. The van der Waals surface area contributed by atoms with Gasteiger partial charge in [-0.1, -0.05) is 154 Å². The summed E-state index contributed by atoms with van der Waals surface area (Å²) in [5.41, 5.74) is 0. The maximum absolute atomic E-state index is 12.8. The number of esters is 2. The van der Waals surface area contributed by atoms with Gasteiger partial charge in [-0.15, -0.1) is 0 Å². The normalized spacial score (nSPS) is 13.1. The predicted molar refractivity (Wildman–Crippen MR) is 235 cm³/mol. The Morgan fingerprint density at radius 2 is 0.895 bits per heavy atom. The number of carbonyl (C=O) groups excluding carboxylic acids is 2. The Morgan fingerprint density at radius 1 is 0.509 bits per heavy atom. The third kappa shape index (κ3) is 41.7. The van der Waals surface area contributed by atoms with Gasteiger partial charge in [0, 0.05) is 12.8 Å². The van der Waals surface area contributed by atoms with Crippen molar-refractivity contribution in [2.24, 2.45) is 0 Å². The molecule has 0 bridgehead atoms. The van der Waals surface area contributed by atoms with Crippen molar-refractivity contribution in [2.75, 3.05) is 47.5 Å². The molecule has 0 aromatic carbocycles. The fourth-order valence-corrected chi connectivity index (χ4v) is 6.47. The number of unbranched alkanes of at least 4 members (excludes halogenated alkanes) is 24. The van der Waals surface area contributed by atoms with Crippen molar-refractivity contribution in [3.05, 3.63) is 24.3 Å². The van der Waals surface area contributed by atoms with Gasteiger partial charge in [-0.2, -0.15) is 0 Å². The van der Waals surface area contributed by atoms with E-state index < -0.39 is 24.3 Å². The fraction of sp³-hybridized carbons (Fsp3) is 0.854. The van der Waals surface area contributed by atoms with E-state index in [1.807, 2.05) is 21.1 Å². The number of quaternary nitrogens is 1.